The molecule has 1 saturated heterocycles. The van der Waals surface area contributed by atoms with Crippen molar-refractivity contribution in [2.24, 2.45) is 0 Å². The van der Waals surface area contributed by atoms with Crippen molar-refractivity contribution in [1.29, 1.82) is 0 Å². The van der Waals surface area contributed by atoms with Gasteiger partial charge in [0.15, 0.2) is 0 Å². The number of benzene rings is 2. The Bertz CT molecular complexity index is 1320. The van der Waals surface area contributed by atoms with Crippen LogP contribution in [0.15, 0.2) is 61.3 Å². The van der Waals surface area contributed by atoms with Crippen molar-refractivity contribution in [3.63, 3.8) is 0 Å². The Morgan fingerprint density at radius 2 is 1.79 bits per heavy atom. The van der Waals surface area contributed by atoms with Crippen LogP contribution in [0.2, 0.25) is 0 Å². The van der Waals surface area contributed by atoms with E-state index in [-0.39, 0.29) is 12.0 Å². The average Bonchev–Trinajstić information content (AvgIpc) is 2.94. The van der Waals surface area contributed by atoms with Gasteiger partial charge in [-0.3, -0.25) is 4.79 Å². The third-order valence-electron chi connectivity index (χ3n) is 6.06. The van der Waals surface area contributed by atoms with Crippen LogP contribution in [0.1, 0.15) is 5.56 Å². The number of ether oxygens (including phenoxy) is 2. The first-order valence-corrected chi connectivity index (χ1v) is 12.1. The number of carbonyl (C=O) groups excluding carboxylic acids is 2. The summed E-state index contributed by atoms with van der Waals surface area (Å²) in [5, 5.41) is 9.27. The molecule has 198 valence electrons. The quantitative estimate of drug-likeness (QED) is 0.376. The van der Waals surface area contributed by atoms with E-state index in [4.69, 9.17) is 9.47 Å². The molecule has 0 radical (unpaired) electrons. The number of aryl methyl sites for hydroxylation is 1. The second-order valence-electron chi connectivity index (χ2n) is 8.58. The normalized spacial score (nSPS) is 12.9. The van der Waals surface area contributed by atoms with Crippen LogP contribution in [-0.4, -0.2) is 67.3 Å². The Hall–Kier alpha value is -4.80. The number of carbonyl (C=O) groups is 2. The van der Waals surface area contributed by atoms with Gasteiger partial charge in [-0.25, -0.2) is 9.78 Å². The van der Waals surface area contributed by atoms with E-state index in [1.807, 2.05) is 43.3 Å². The Morgan fingerprint density at radius 1 is 1.03 bits per heavy atom. The number of piperazine rings is 1. The summed E-state index contributed by atoms with van der Waals surface area (Å²) >= 11 is 0. The van der Waals surface area contributed by atoms with E-state index in [1.165, 1.54) is 13.2 Å². The van der Waals surface area contributed by atoms with Gasteiger partial charge in [0.25, 0.3) is 0 Å². The molecule has 2 amide bonds. The number of aromatic nitrogens is 2. The molecule has 2 heterocycles. The molecule has 0 unspecified atom stereocenters. The molecule has 11 heteroatoms. The van der Waals surface area contributed by atoms with Crippen LogP contribution in [-0.2, 0) is 9.53 Å². The van der Waals surface area contributed by atoms with Crippen molar-refractivity contribution >= 4 is 46.5 Å². The first-order chi connectivity index (χ1) is 18.4. The lowest BCUT2D eigenvalue weighted by Gasteiger charge is -2.35. The summed E-state index contributed by atoms with van der Waals surface area (Å²) in [5.74, 6) is 1.37. The van der Waals surface area contributed by atoms with E-state index in [0.29, 0.717) is 55.1 Å². The molecule has 0 saturated carbocycles. The molecule has 1 aliphatic rings. The number of methoxy groups -OCH3 is 2. The lowest BCUT2D eigenvalue weighted by atomic mass is 10.2. The number of hydrogen-bond acceptors (Lipinski definition) is 9. The van der Waals surface area contributed by atoms with Crippen LogP contribution >= 0.6 is 0 Å². The van der Waals surface area contributed by atoms with Crippen molar-refractivity contribution in [3.8, 4) is 5.75 Å². The minimum Gasteiger partial charge on any atom is -0.494 e. The first-order valence-electron chi connectivity index (χ1n) is 12.1. The largest absolute Gasteiger partial charge is 0.494 e. The van der Waals surface area contributed by atoms with Crippen LogP contribution in [0, 0.1) is 6.92 Å². The second-order valence-corrected chi connectivity index (χ2v) is 8.58. The fourth-order valence-corrected chi connectivity index (χ4v) is 4.01. The van der Waals surface area contributed by atoms with E-state index < -0.39 is 0 Å². The van der Waals surface area contributed by atoms with Gasteiger partial charge in [0, 0.05) is 61.1 Å². The van der Waals surface area contributed by atoms with Crippen LogP contribution in [0.25, 0.3) is 0 Å². The van der Waals surface area contributed by atoms with Crippen LogP contribution in [0.4, 0.5) is 39.3 Å². The highest BCUT2D eigenvalue weighted by atomic mass is 16.5. The molecule has 0 bridgehead atoms. The van der Waals surface area contributed by atoms with E-state index in [9.17, 15) is 9.59 Å². The van der Waals surface area contributed by atoms with Gasteiger partial charge in [-0.1, -0.05) is 12.6 Å². The third-order valence-corrected chi connectivity index (χ3v) is 6.06. The Kier molecular flexibility index (Phi) is 8.27. The number of amides is 2. The second kappa shape index (κ2) is 12.0. The lowest BCUT2D eigenvalue weighted by molar-refractivity contribution is -0.111. The van der Waals surface area contributed by atoms with E-state index in [2.05, 4.69) is 37.4 Å². The topological polar surface area (TPSA) is 121 Å². The summed E-state index contributed by atoms with van der Waals surface area (Å²) in [7, 11) is 3.01. The van der Waals surface area contributed by atoms with Gasteiger partial charge in [0.2, 0.25) is 11.9 Å². The van der Waals surface area contributed by atoms with Gasteiger partial charge >= 0.3 is 6.09 Å². The Balaban J connectivity index is 1.47. The molecule has 1 aliphatic heterocycles. The molecule has 3 aromatic rings. The SMILES string of the molecule is C=CC(=O)Nc1cccc(Nc2nc(Nc3ccc(N4CCN(C(=O)OC)CC4)cc3OC)ncc2C)c1. The fourth-order valence-electron chi connectivity index (χ4n) is 4.01. The number of nitrogens with one attached hydrogen (secondary N) is 3. The minimum absolute atomic E-state index is 0.282. The zero-order chi connectivity index (χ0) is 27.1. The van der Waals surface area contributed by atoms with Crippen LogP contribution in [0.5, 0.6) is 5.75 Å². The highest BCUT2D eigenvalue weighted by Gasteiger charge is 2.22. The first kappa shape index (κ1) is 26.3. The molecule has 0 atom stereocenters. The zero-order valence-corrected chi connectivity index (χ0v) is 21.7. The van der Waals surface area contributed by atoms with Gasteiger partial charge in [-0.2, -0.15) is 4.98 Å². The van der Waals surface area contributed by atoms with Crippen LogP contribution in [0.3, 0.4) is 0 Å². The van der Waals surface area contributed by atoms with E-state index >= 15 is 0 Å². The molecular formula is C27H31N7O4. The van der Waals surface area contributed by atoms with Gasteiger partial charge < -0.3 is 35.2 Å². The van der Waals surface area contributed by atoms with Gasteiger partial charge in [0.1, 0.15) is 11.6 Å². The number of nitrogens with zero attached hydrogens (tertiary/aromatic N) is 4. The summed E-state index contributed by atoms with van der Waals surface area (Å²) in [5.41, 5.74) is 3.96. The maximum absolute atomic E-state index is 11.8. The van der Waals surface area contributed by atoms with Gasteiger partial charge in [-0.15, -0.1) is 0 Å². The fraction of sp³-hybridized carbons (Fsp3) is 0.259. The molecule has 0 aliphatic carbocycles. The molecule has 1 aromatic heterocycles. The Morgan fingerprint density at radius 3 is 2.50 bits per heavy atom. The smallest absolute Gasteiger partial charge is 0.409 e. The van der Waals surface area contributed by atoms with Gasteiger partial charge in [0.05, 0.1) is 19.9 Å². The molecule has 11 nitrogen and oxygen atoms in total. The number of hydrogen-bond donors (Lipinski definition) is 3. The standard InChI is InChI=1S/C27H31N7O4/c1-5-24(35)29-19-7-6-8-20(15-19)30-25-18(2)17-28-26(32-25)31-22-10-9-21(16-23(22)37-3)33-11-13-34(14-12-33)27(36)38-4/h5-10,15-17H,1,11-14H2,2-4H3,(H,29,35)(H2,28,30,31,32). The maximum Gasteiger partial charge on any atom is 0.409 e. The molecule has 4 rings (SSSR count). The Labute approximate surface area is 221 Å². The highest BCUT2D eigenvalue weighted by Crippen LogP contribution is 2.32. The lowest BCUT2D eigenvalue weighted by Crippen LogP contribution is -2.48. The maximum atomic E-state index is 11.8. The average molecular weight is 518 g/mol. The predicted octanol–water partition coefficient (Wildman–Crippen LogP) is 4.29. The van der Waals surface area contributed by atoms with Crippen molar-refractivity contribution in [1.82, 2.24) is 14.9 Å². The summed E-state index contributed by atoms with van der Waals surface area (Å²) < 4.78 is 10.5. The summed E-state index contributed by atoms with van der Waals surface area (Å²) in [6.45, 7) is 7.95. The zero-order valence-electron chi connectivity index (χ0n) is 21.7. The summed E-state index contributed by atoms with van der Waals surface area (Å²) in [6, 6.07) is 13.2. The highest BCUT2D eigenvalue weighted by molar-refractivity contribution is 5.99. The van der Waals surface area contributed by atoms with E-state index in [0.717, 1.165) is 16.9 Å². The molecule has 0 spiro atoms. The molecule has 2 aromatic carbocycles. The third kappa shape index (κ3) is 6.30. The van der Waals surface area contributed by atoms with Crippen molar-refractivity contribution in [2.75, 3.05) is 61.2 Å². The number of rotatable bonds is 8. The summed E-state index contributed by atoms with van der Waals surface area (Å²) in [6.07, 6.45) is 2.64. The minimum atomic E-state index is -0.305. The monoisotopic (exact) mass is 517 g/mol. The predicted molar refractivity (Wildman–Crippen MR) is 148 cm³/mol. The summed E-state index contributed by atoms with van der Waals surface area (Å²) in [4.78, 5) is 36.3. The molecule has 3 N–H and O–H groups in total. The molecule has 38 heavy (non-hydrogen) atoms. The van der Waals surface area contributed by atoms with E-state index in [1.54, 1.807) is 24.3 Å². The number of anilines is 6. The molecule has 1 fully saturated rings. The van der Waals surface area contributed by atoms with Crippen molar-refractivity contribution in [3.05, 3.63) is 66.9 Å². The van der Waals surface area contributed by atoms with Crippen molar-refractivity contribution in [2.45, 2.75) is 6.92 Å². The van der Waals surface area contributed by atoms with Crippen LogP contribution < -0.4 is 25.6 Å². The van der Waals surface area contributed by atoms with Crippen molar-refractivity contribution < 1.29 is 19.1 Å². The van der Waals surface area contributed by atoms with Gasteiger partial charge in [-0.05, 0) is 43.3 Å². The molecular weight excluding hydrogens is 486 g/mol.